The van der Waals surface area contributed by atoms with Crippen LogP contribution in [0.5, 0.6) is 0 Å². The fraction of sp³-hybridized carbons (Fsp3) is 0.571. The second-order valence-electron chi connectivity index (χ2n) is 2.27. The summed E-state index contributed by atoms with van der Waals surface area (Å²) in [7, 11) is 1.70. The lowest BCUT2D eigenvalue weighted by molar-refractivity contribution is 0.0998. The Kier molecular flexibility index (Phi) is 2.45. The first-order valence-electron chi connectivity index (χ1n) is 3.33. The van der Waals surface area contributed by atoms with Gasteiger partial charge in [-0.05, 0) is 13.0 Å². The van der Waals surface area contributed by atoms with Crippen molar-refractivity contribution in [3.05, 3.63) is 18.5 Å². The molecule has 1 aromatic heterocycles. The summed E-state index contributed by atoms with van der Waals surface area (Å²) in [6, 6.07) is 1.91. The van der Waals surface area contributed by atoms with E-state index in [9.17, 15) is 0 Å². The molecule has 3 heteroatoms. The molecule has 0 spiro atoms. The molecule has 0 bridgehead atoms. The molecule has 0 amide bonds. The minimum absolute atomic E-state index is 0.236. The van der Waals surface area contributed by atoms with Gasteiger partial charge in [0, 0.05) is 19.5 Å². The van der Waals surface area contributed by atoms with Crippen LogP contribution in [0.25, 0.3) is 0 Å². The molecular weight excluding hydrogens is 128 g/mol. The minimum Gasteiger partial charge on any atom is -0.380 e. The summed E-state index contributed by atoms with van der Waals surface area (Å²) in [5, 5.41) is 4.04. The maximum Gasteiger partial charge on any atom is 0.0739 e. The van der Waals surface area contributed by atoms with Crippen molar-refractivity contribution >= 4 is 0 Å². The number of methoxy groups -OCH3 is 1. The Balaban J connectivity index is 2.40. The van der Waals surface area contributed by atoms with Crippen LogP contribution in [0.1, 0.15) is 6.92 Å². The van der Waals surface area contributed by atoms with E-state index in [1.807, 2.05) is 23.9 Å². The van der Waals surface area contributed by atoms with Gasteiger partial charge in [-0.1, -0.05) is 0 Å². The van der Waals surface area contributed by atoms with Gasteiger partial charge >= 0.3 is 0 Å². The lowest BCUT2D eigenvalue weighted by Crippen LogP contribution is -2.14. The largest absolute Gasteiger partial charge is 0.380 e. The van der Waals surface area contributed by atoms with Gasteiger partial charge in [-0.2, -0.15) is 5.10 Å². The summed E-state index contributed by atoms with van der Waals surface area (Å²) in [5.74, 6) is 0. The highest BCUT2D eigenvalue weighted by molar-refractivity contribution is 4.78. The van der Waals surface area contributed by atoms with E-state index in [0.29, 0.717) is 0 Å². The van der Waals surface area contributed by atoms with E-state index in [2.05, 4.69) is 5.10 Å². The zero-order chi connectivity index (χ0) is 7.40. The van der Waals surface area contributed by atoms with Crippen LogP contribution in [-0.2, 0) is 11.3 Å². The molecule has 56 valence electrons. The topological polar surface area (TPSA) is 27.1 Å². The first-order valence-corrected chi connectivity index (χ1v) is 3.33. The summed E-state index contributed by atoms with van der Waals surface area (Å²) < 4.78 is 6.92. The van der Waals surface area contributed by atoms with Crippen molar-refractivity contribution in [1.82, 2.24) is 9.78 Å². The van der Waals surface area contributed by atoms with Gasteiger partial charge in [-0.15, -0.1) is 0 Å². The van der Waals surface area contributed by atoms with Crippen molar-refractivity contribution in [2.45, 2.75) is 19.6 Å². The predicted octanol–water partition coefficient (Wildman–Crippen LogP) is 0.918. The van der Waals surface area contributed by atoms with E-state index in [4.69, 9.17) is 4.74 Å². The Labute approximate surface area is 60.6 Å². The van der Waals surface area contributed by atoms with E-state index in [-0.39, 0.29) is 6.10 Å². The normalized spacial score (nSPS) is 13.4. The van der Waals surface area contributed by atoms with Gasteiger partial charge in [0.25, 0.3) is 0 Å². The highest BCUT2D eigenvalue weighted by Gasteiger charge is 1.98. The molecule has 0 aromatic carbocycles. The molecule has 1 heterocycles. The lowest BCUT2D eigenvalue weighted by atomic mass is 10.4. The first kappa shape index (κ1) is 7.28. The summed E-state index contributed by atoms with van der Waals surface area (Å²) in [6.07, 6.45) is 3.93. The maximum atomic E-state index is 5.06. The van der Waals surface area contributed by atoms with E-state index in [1.165, 1.54) is 0 Å². The molecule has 0 N–H and O–H groups in total. The Hall–Kier alpha value is -0.830. The van der Waals surface area contributed by atoms with Gasteiger partial charge in [0.2, 0.25) is 0 Å². The summed E-state index contributed by atoms with van der Waals surface area (Å²) in [6.45, 7) is 2.84. The van der Waals surface area contributed by atoms with E-state index >= 15 is 0 Å². The van der Waals surface area contributed by atoms with Gasteiger partial charge in [0.1, 0.15) is 0 Å². The Bertz CT molecular complexity index is 172. The Morgan fingerprint density at radius 1 is 1.70 bits per heavy atom. The van der Waals surface area contributed by atoms with E-state index in [0.717, 1.165) is 6.54 Å². The molecule has 1 rings (SSSR count). The summed E-state index contributed by atoms with van der Waals surface area (Å²) in [5.41, 5.74) is 0. The summed E-state index contributed by atoms with van der Waals surface area (Å²) in [4.78, 5) is 0. The molecule has 0 radical (unpaired) electrons. The van der Waals surface area contributed by atoms with E-state index in [1.54, 1.807) is 13.3 Å². The Morgan fingerprint density at radius 3 is 3.00 bits per heavy atom. The maximum absolute atomic E-state index is 5.06. The molecular formula is C7H12N2O. The SMILES string of the molecule is COC(C)Cn1cccn1. The van der Waals surface area contributed by atoms with Crippen LogP contribution >= 0.6 is 0 Å². The lowest BCUT2D eigenvalue weighted by Gasteiger charge is -2.07. The minimum atomic E-state index is 0.236. The molecule has 3 nitrogen and oxygen atoms in total. The zero-order valence-corrected chi connectivity index (χ0v) is 6.32. The van der Waals surface area contributed by atoms with Crippen molar-refractivity contribution in [2.75, 3.05) is 7.11 Å². The number of rotatable bonds is 3. The molecule has 1 unspecified atom stereocenters. The van der Waals surface area contributed by atoms with Crippen LogP contribution in [0.15, 0.2) is 18.5 Å². The van der Waals surface area contributed by atoms with Crippen LogP contribution in [-0.4, -0.2) is 23.0 Å². The van der Waals surface area contributed by atoms with Crippen LogP contribution in [0, 0.1) is 0 Å². The third-order valence-electron chi connectivity index (χ3n) is 1.41. The smallest absolute Gasteiger partial charge is 0.0739 e. The van der Waals surface area contributed by atoms with Crippen LogP contribution in [0.3, 0.4) is 0 Å². The van der Waals surface area contributed by atoms with Crippen molar-refractivity contribution in [2.24, 2.45) is 0 Å². The van der Waals surface area contributed by atoms with Gasteiger partial charge in [-0.3, -0.25) is 4.68 Å². The van der Waals surface area contributed by atoms with Crippen molar-refractivity contribution in [3.63, 3.8) is 0 Å². The predicted molar refractivity (Wildman–Crippen MR) is 38.7 cm³/mol. The second kappa shape index (κ2) is 3.37. The monoisotopic (exact) mass is 140 g/mol. The molecule has 10 heavy (non-hydrogen) atoms. The van der Waals surface area contributed by atoms with Gasteiger partial charge in [0.05, 0.1) is 12.6 Å². The Morgan fingerprint density at radius 2 is 2.50 bits per heavy atom. The highest BCUT2D eigenvalue weighted by atomic mass is 16.5. The molecule has 0 saturated heterocycles. The summed E-state index contributed by atoms with van der Waals surface area (Å²) >= 11 is 0. The molecule has 0 fully saturated rings. The number of aromatic nitrogens is 2. The van der Waals surface area contributed by atoms with Gasteiger partial charge < -0.3 is 4.74 Å². The number of hydrogen-bond acceptors (Lipinski definition) is 2. The fourth-order valence-corrected chi connectivity index (χ4v) is 0.746. The van der Waals surface area contributed by atoms with Gasteiger partial charge in [-0.25, -0.2) is 0 Å². The highest BCUT2D eigenvalue weighted by Crippen LogP contribution is 1.92. The van der Waals surface area contributed by atoms with Crippen molar-refractivity contribution < 1.29 is 4.74 Å². The average molecular weight is 140 g/mol. The molecule has 1 aromatic rings. The molecule has 1 atom stereocenters. The number of nitrogens with zero attached hydrogens (tertiary/aromatic N) is 2. The third kappa shape index (κ3) is 1.84. The van der Waals surface area contributed by atoms with E-state index < -0.39 is 0 Å². The van der Waals surface area contributed by atoms with Crippen LogP contribution < -0.4 is 0 Å². The average Bonchev–Trinajstić information content (AvgIpc) is 2.40. The number of ether oxygens (including phenoxy) is 1. The quantitative estimate of drug-likeness (QED) is 0.624. The zero-order valence-electron chi connectivity index (χ0n) is 6.32. The molecule has 0 aliphatic rings. The molecule has 0 aliphatic heterocycles. The fourth-order valence-electron chi connectivity index (χ4n) is 0.746. The standard InChI is InChI=1S/C7H12N2O/c1-7(10-2)6-9-5-3-4-8-9/h3-5,7H,6H2,1-2H3. The second-order valence-corrected chi connectivity index (χ2v) is 2.27. The van der Waals surface area contributed by atoms with Crippen molar-refractivity contribution in [3.8, 4) is 0 Å². The number of hydrogen-bond donors (Lipinski definition) is 0. The third-order valence-corrected chi connectivity index (χ3v) is 1.41. The van der Waals surface area contributed by atoms with Gasteiger partial charge in [0.15, 0.2) is 0 Å². The molecule has 0 aliphatic carbocycles. The van der Waals surface area contributed by atoms with Crippen LogP contribution in [0.2, 0.25) is 0 Å². The first-order chi connectivity index (χ1) is 4.83. The van der Waals surface area contributed by atoms with Crippen molar-refractivity contribution in [1.29, 1.82) is 0 Å². The molecule has 0 saturated carbocycles. The van der Waals surface area contributed by atoms with Crippen LogP contribution in [0.4, 0.5) is 0 Å².